The molecule has 2 aliphatic heterocycles. The van der Waals surface area contributed by atoms with Crippen molar-refractivity contribution in [2.75, 3.05) is 32.8 Å². The number of carbonyl (C=O) groups excluding carboxylic acids is 1. The largest absolute Gasteiger partial charge is 0.375 e. The van der Waals surface area contributed by atoms with Gasteiger partial charge in [-0.25, -0.2) is 0 Å². The zero-order valence-corrected chi connectivity index (χ0v) is 12.2. The number of nitrogens with zero attached hydrogens (tertiary/aromatic N) is 1. The predicted octanol–water partition coefficient (Wildman–Crippen LogP) is 1.44. The summed E-state index contributed by atoms with van der Waals surface area (Å²) in [6.45, 7) is 8.73. The highest BCUT2D eigenvalue weighted by Gasteiger charge is 2.30. The average Bonchev–Trinajstić information content (AvgIpc) is 2.29. The molecule has 2 rings (SSSR count). The summed E-state index contributed by atoms with van der Waals surface area (Å²) in [4.78, 5) is 14.2. The van der Waals surface area contributed by atoms with Crippen molar-refractivity contribution in [3.8, 4) is 0 Å². The Bertz CT molecular complexity index is 278. The van der Waals surface area contributed by atoms with E-state index in [1.54, 1.807) is 0 Å². The molecular formula is C13H25ClN2O2. The number of hydrogen-bond donors (Lipinski definition) is 1. The van der Waals surface area contributed by atoms with Gasteiger partial charge in [-0.05, 0) is 18.3 Å². The Morgan fingerprint density at radius 2 is 2.28 bits per heavy atom. The van der Waals surface area contributed by atoms with Crippen LogP contribution in [0.15, 0.2) is 0 Å². The molecule has 0 radical (unpaired) electrons. The number of rotatable bonds is 2. The first-order chi connectivity index (χ1) is 8.07. The first-order valence-electron chi connectivity index (χ1n) is 6.67. The van der Waals surface area contributed by atoms with Gasteiger partial charge in [0.1, 0.15) is 0 Å². The van der Waals surface area contributed by atoms with Crippen molar-refractivity contribution in [2.24, 2.45) is 5.41 Å². The molecule has 2 fully saturated rings. The summed E-state index contributed by atoms with van der Waals surface area (Å²) >= 11 is 0. The molecule has 5 heteroatoms. The molecule has 1 unspecified atom stereocenters. The van der Waals surface area contributed by atoms with E-state index in [4.69, 9.17) is 4.74 Å². The van der Waals surface area contributed by atoms with Gasteiger partial charge in [0.05, 0.1) is 19.1 Å². The highest BCUT2D eigenvalue weighted by Crippen LogP contribution is 2.28. The third kappa shape index (κ3) is 4.41. The molecule has 4 nitrogen and oxygen atoms in total. The molecule has 0 spiro atoms. The molecule has 2 heterocycles. The fourth-order valence-electron chi connectivity index (χ4n) is 2.71. The Morgan fingerprint density at radius 3 is 2.89 bits per heavy atom. The zero-order valence-electron chi connectivity index (χ0n) is 11.4. The van der Waals surface area contributed by atoms with E-state index >= 15 is 0 Å². The Kier molecular flexibility index (Phi) is 5.89. The minimum Gasteiger partial charge on any atom is -0.375 e. The van der Waals surface area contributed by atoms with E-state index in [2.05, 4.69) is 19.2 Å². The maximum atomic E-state index is 12.2. The Labute approximate surface area is 116 Å². The fourth-order valence-corrected chi connectivity index (χ4v) is 2.71. The lowest BCUT2D eigenvalue weighted by atomic mass is 9.84. The summed E-state index contributed by atoms with van der Waals surface area (Å²) in [6, 6.07) is 0. The Hall–Kier alpha value is -0.320. The summed E-state index contributed by atoms with van der Waals surface area (Å²) in [6.07, 6.45) is 2.95. The Morgan fingerprint density at radius 1 is 1.50 bits per heavy atom. The molecule has 1 amide bonds. The number of piperidine rings is 1. The molecule has 0 saturated carbocycles. The van der Waals surface area contributed by atoms with E-state index < -0.39 is 0 Å². The van der Waals surface area contributed by atoms with Crippen LogP contribution in [0.25, 0.3) is 0 Å². The minimum absolute atomic E-state index is 0. The number of amides is 1. The van der Waals surface area contributed by atoms with E-state index in [0.29, 0.717) is 6.42 Å². The van der Waals surface area contributed by atoms with Gasteiger partial charge in [0.15, 0.2) is 0 Å². The average molecular weight is 277 g/mol. The lowest BCUT2D eigenvalue weighted by Gasteiger charge is -2.38. The van der Waals surface area contributed by atoms with Crippen molar-refractivity contribution >= 4 is 18.3 Å². The quantitative estimate of drug-likeness (QED) is 0.830. The number of carbonyl (C=O) groups is 1. The summed E-state index contributed by atoms with van der Waals surface area (Å²) in [5.74, 6) is 0.256. The van der Waals surface area contributed by atoms with Crippen LogP contribution in [0.5, 0.6) is 0 Å². The molecular weight excluding hydrogens is 252 g/mol. The fraction of sp³-hybridized carbons (Fsp3) is 0.923. The molecule has 1 N–H and O–H groups in total. The van der Waals surface area contributed by atoms with E-state index in [1.807, 2.05) is 4.90 Å². The number of morpholine rings is 1. The monoisotopic (exact) mass is 276 g/mol. The van der Waals surface area contributed by atoms with Crippen LogP contribution in [-0.2, 0) is 9.53 Å². The van der Waals surface area contributed by atoms with E-state index in [9.17, 15) is 4.79 Å². The van der Waals surface area contributed by atoms with Gasteiger partial charge in [-0.15, -0.1) is 12.4 Å². The van der Waals surface area contributed by atoms with Crippen LogP contribution < -0.4 is 5.32 Å². The molecule has 0 aromatic heterocycles. The molecule has 18 heavy (non-hydrogen) atoms. The minimum atomic E-state index is 0. The van der Waals surface area contributed by atoms with Crippen LogP contribution in [0.2, 0.25) is 0 Å². The van der Waals surface area contributed by atoms with Gasteiger partial charge < -0.3 is 15.0 Å². The first kappa shape index (κ1) is 15.7. The molecule has 0 bridgehead atoms. The van der Waals surface area contributed by atoms with Crippen LogP contribution >= 0.6 is 12.4 Å². The van der Waals surface area contributed by atoms with E-state index in [-0.39, 0.29) is 29.8 Å². The second-order valence-corrected chi connectivity index (χ2v) is 5.98. The van der Waals surface area contributed by atoms with E-state index in [1.165, 1.54) is 6.42 Å². The highest BCUT2D eigenvalue weighted by atomic mass is 35.5. The van der Waals surface area contributed by atoms with Crippen LogP contribution in [0, 0.1) is 5.41 Å². The predicted molar refractivity (Wildman–Crippen MR) is 74.1 cm³/mol. The van der Waals surface area contributed by atoms with Gasteiger partial charge in [0.2, 0.25) is 5.91 Å². The maximum Gasteiger partial charge on any atom is 0.225 e. The standard InChI is InChI=1S/C13H24N2O2.ClH/c1-13(2)4-3-6-15(10-13)12(16)8-11-9-14-5-7-17-11;/h11,14H,3-10H2,1-2H3;1H. The third-order valence-electron chi connectivity index (χ3n) is 3.66. The summed E-state index contributed by atoms with van der Waals surface area (Å²) in [7, 11) is 0. The van der Waals surface area contributed by atoms with Crippen molar-refractivity contribution in [1.82, 2.24) is 10.2 Å². The molecule has 1 atom stereocenters. The summed E-state index contributed by atoms with van der Waals surface area (Å²) < 4.78 is 5.58. The van der Waals surface area contributed by atoms with Gasteiger partial charge >= 0.3 is 0 Å². The number of nitrogens with one attached hydrogen (secondary N) is 1. The molecule has 106 valence electrons. The first-order valence-corrected chi connectivity index (χ1v) is 6.67. The zero-order chi connectivity index (χ0) is 12.3. The number of hydrogen-bond acceptors (Lipinski definition) is 3. The van der Waals surface area contributed by atoms with Crippen molar-refractivity contribution < 1.29 is 9.53 Å². The molecule has 0 aromatic rings. The molecule has 0 aromatic carbocycles. The SMILES string of the molecule is CC1(C)CCCN(C(=O)CC2CNCCO2)C1.Cl. The number of ether oxygens (including phenoxy) is 1. The van der Waals surface area contributed by atoms with Crippen LogP contribution in [0.1, 0.15) is 33.1 Å². The summed E-state index contributed by atoms with van der Waals surface area (Å²) in [5, 5.41) is 3.26. The van der Waals surface area contributed by atoms with Crippen molar-refractivity contribution in [3.05, 3.63) is 0 Å². The van der Waals surface area contributed by atoms with Crippen molar-refractivity contribution in [1.29, 1.82) is 0 Å². The van der Waals surface area contributed by atoms with Gasteiger partial charge in [0.25, 0.3) is 0 Å². The number of likely N-dealkylation sites (tertiary alicyclic amines) is 1. The molecule has 2 saturated heterocycles. The lowest BCUT2D eigenvalue weighted by molar-refractivity contribution is -0.137. The highest BCUT2D eigenvalue weighted by molar-refractivity contribution is 5.85. The smallest absolute Gasteiger partial charge is 0.225 e. The second kappa shape index (κ2) is 6.73. The normalized spacial score (nSPS) is 27.4. The van der Waals surface area contributed by atoms with Gasteiger partial charge in [0, 0.05) is 26.2 Å². The van der Waals surface area contributed by atoms with Crippen LogP contribution in [0.3, 0.4) is 0 Å². The Balaban J connectivity index is 0.00000162. The lowest BCUT2D eigenvalue weighted by Crippen LogP contribution is -2.47. The van der Waals surface area contributed by atoms with Crippen LogP contribution in [0.4, 0.5) is 0 Å². The van der Waals surface area contributed by atoms with Gasteiger partial charge in [-0.1, -0.05) is 13.8 Å². The topological polar surface area (TPSA) is 41.6 Å². The van der Waals surface area contributed by atoms with Crippen molar-refractivity contribution in [2.45, 2.75) is 39.2 Å². The molecule has 0 aliphatic carbocycles. The van der Waals surface area contributed by atoms with Crippen molar-refractivity contribution in [3.63, 3.8) is 0 Å². The maximum absolute atomic E-state index is 12.2. The summed E-state index contributed by atoms with van der Waals surface area (Å²) in [5.41, 5.74) is 0.277. The third-order valence-corrected chi connectivity index (χ3v) is 3.66. The van der Waals surface area contributed by atoms with Gasteiger partial charge in [-0.3, -0.25) is 4.79 Å². The molecule has 2 aliphatic rings. The number of halogens is 1. The van der Waals surface area contributed by atoms with Gasteiger partial charge in [-0.2, -0.15) is 0 Å². The second-order valence-electron chi connectivity index (χ2n) is 5.98. The van der Waals surface area contributed by atoms with Crippen LogP contribution in [-0.4, -0.2) is 49.7 Å². The van der Waals surface area contributed by atoms with E-state index in [0.717, 1.165) is 39.2 Å².